The molecule has 0 aromatic heterocycles. The monoisotopic (exact) mass is 228 g/mol. The van der Waals surface area contributed by atoms with E-state index in [1.54, 1.807) is 20.8 Å². The van der Waals surface area contributed by atoms with Crippen LogP contribution in [0, 0.1) is 0 Å². The number of carbonyl (C=O) groups excluding carboxylic acids is 2. The molecule has 90 valence electrons. The van der Waals surface area contributed by atoms with E-state index in [9.17, 15) is 9.59 Å². The van der Waals surface area contributed by atoms with Crippen molar-refractivity contribution < 1.29 is 23.8 Å². The molecule has 1 fully saturated rings. The molecule has 1 aliphatic rings. The molecule has 0 N–H and O–H groups in total. The standard InChI is InChI=1S/C11H16O5/c1-4-14-10(13)6-5-8-9(7-12)16-11(2,3)15-8/h5-9H,4H2,1-3H3/b6-5+/t8-,9-/m1/s1. The van der Waals surface area contributed by atoms with Gasteiger partial charge in [0.1, 0.15) is 12.2 Å². The lowest BCUT2D eigenvalue weighted by atomic mass is 10.2. The van der Waals surface area contributed by atoms with Crippen molar-refractivity contribution >= 4 is 12.3 Å². The Balaban J connectivity index is 2.59. The number of ether oxygens (including phenoxy) is 3. The van der Waals surface area contributed by atoms with Crippen LogP contribution < -0.4 is 0 Å². The van der Waals surface area contributed by atoms with Crippen LogP contribution in [0.15, 0.2) is 12.2 Å². The first-order chi connectivity index (χ1) is 7.48. The predicted octanol–water partition coefficient (Wildman–Crippen LogP) is 0.825. The van der Waals surface area contributed by atoms with Crippen LogP contribution >= 0.6 is 0 Å². The van der Waals surface area contributed by atoms with Gasteiger partial charge in [-0.25, -0.2) is 4.79 Å². The Bertz CT molecular complexity index is 295. The quantitative estimate of drug-likeness (QED) is 0.405. The van der Waals surface area contributed by atoms with Crippen LogP contribution in [0.1, 0.15) is 20.8 Å². The van der Waals surface area contributed by atoms with Crippen LogP contribution in [-0.2, 0) is 23.8 Å². The van der Waals surface area contributed by atoms with Gasteiger partial charge in [0.2, 0.25) is 0 Å². The summed E-state index contributed by atoms with van der Waals surface area (Å²) >= 11 is 0. The first kappa shape index (κ1) is 12.9. The molecule has 0 aromatic rings. The maximum absolute atomic E-state index is 11.1. The van der Waals surface area contributed by atoms with Gasteiger partial charge in [-0.15, -0.1) is 0 Å². The van der Waals surface area contributed by atoms with Crippen molar-refractivity contribution in [1.29, 1.82) is 0 Å². The van der Waals surface area contributed by atoms with Crippen molar-refractivity contribution in [1.82, 2.24) is 0 Å². The number of rotatable bonds is 4. The van der Waals surface area contributed by atoms with Crippen LogP contribution in [0.25, 0.3) is 0 Å². The first-order valence-corrected chi connectivity index (χ1v) is 5.14. The molecule has 0 bridgehead atoms. The Hall–Kier alpha value is -1.20. The van der Waals surface area contributed by atoms with E-state index in [4.69, 9.17) is 14.2 Å². The molecule has 1 heterocycles. The molecule has 0 saturated carbocycles. The zero-order valence-corrected chi connectivity index (χ0v) is 9.64. The maximum atomic E-state index is 11.1. The smallest absolute Gasteiger partial charge is 0.330 e. The number of aldehydes is 1. The molecule has 0 aromatic carbocycles. The summed E-state index contributed by atoms with van der Waals surface area (Å²) < 4.78 is 15.5. The molecule has 5 heteroatoms. The third-order valence-electron chi connectivity index (χ3n) is 2.01. The van der Waals surface area contributed by atoms with E-state index >= 15 is 0 Å². The fraction of sp³-hybridized carbons (Fsp3) is 0.636. The van der Waals surface area contributed by atoms with Crippen molar-refractivity contribution in [2.75, 3.05) is 6.61 Å². The summed E-state index contributed by atoms with van der Waals surface area (Å²) in [7, 11) is 0. The van der Waals surface area contributed by atoms with Crippen LogP contribution in [0.4, 0.5) is 0 Å². The summed E-state index contributed by atoms with van der Waals surface area (Å²) in [5.74, 6) is -1.27. The van der Waals surface area contributed by atoms with Crippen molar-refractivity contribution in [3.8, 4) is 0 Å². The van der Waals surface area contributed by atoms with Gasteiger partial charge in [0.25, 0.3) is 0 Å². The van der Waals surface area contributed by atoms with E-state index < -0.39 is 24.0 Å². The van der Waals surface area contributed by atoms with Gasteiger partial charge >= 0.3 is 5.97 Å². The summed E-state index contributed by atoms with van der Waals surface area (Å²) in [6, 6.07) is 0. The zero-order chi connectivity index (χ0) is 12.2. The highest BCUT2D eigenvalue weighted by atomic mass is 16.8. The van der Waals surface area contributed by atoms with Gasteiger partial charge < -0.3 is 19.0 Å². The van der Waals surface area contributed by atoms with Crippen LogP contribution in [0.3, 0.4) is 0 Å². The van der Waals surface area contributed by atoms with Gasteiger partial charge in [-0.3, -0.25) is 0 Å². The van der Waals surface area contributed by atoms with E-state index in [0.29, 0.717) is 12.9 Å². The number of carbonyl (C=O) groups is 2. The summed E-state index contributed by atoms with van der Waals surface area (Å²) in [5, 5.41) is 0. The molecule has 0 spiro atoms. The van der Waals surface area contributed by atoms with Crippen molar-refractivity contribution in [2.24, 2.45) is 0 Å². The first-order valence-electron chi connectivity index (χ1n) is 5.14. The lowest BCUT2D eigenvalue weighted by Crippen LogP contribution is -2.22. The highest BCUT2D eigenvalue weighted by Crippen LogP contribution is 2.27. The van der Waals surface area contributed by atoms with Crippen LogP contribution in [0.5, 0.6) is 0 Å². The van der Waals surface area contributed by atoms with E-state index in [2.05, 4.69) is 0 Å². The van der Waals surface area contributed by atoms with Gasteiger partial charge in [0.15, 0.2) is 12.1 Å². The van der Waals surface area contributed by atoms with E-state index in [-0.39, 0.29) is 0 Å². The predicted molar refractivity (Wildman–Crippen MR) is 55.7 cm³/mol. The molecule has 0 amide bonds. The zero-order valence-electron chi connectivity index (χ0n) is 9.64. The minimum absolute atomic E-state index is 0.313. The van der Waals surface area contributed by atoms with Crippen molar-refractivity contribution in [2.45, 2.75) is 38.8 Å². The summed E-state index contributed by atoms with van der Waals surface area (Å²) in [6.07, 6.45) is 2.16. The van der Waals surface area contributed by atoms with Gasteiger partial charge in [0.05, 0.1) is 6.61 Å². The fourth-order valence-electron chi connectivity index (χ4n) is 1.44. The number of hydrogen-bond acceptors (Lipinski definition) is 5. The fourth-order valence-corrected chi connectivity index (χ4v) is 1.44. The largest absolute Gasteiger partial charge is 0.463 e. The third-order valence-corrected chi connectivity index (χ3v) is 2.01. The highest BCUT2D eigenvalue weighted by Gasteiger charge is 2.39. The Labute approximate surface area is 94.4 Å². The number of esters is 1. The molecular formula is C11H16O5. The lowest BCUT2D eigenvalue weighted by Gasteiger charge is -2.15. The Morgan fingerprint density at radius 1 is 1.38 bits per heavy atom. The van der Waals surface area contributed by atoms with Crippen molar-refractivity contribution in [3.05, 3.63) is 12.2 Å². The Morgan fingerprint density at radius 3 is 2.56 bits per heavy atom. The second-order valence-corrected chi connectivity index (χ2v) is 3.81. The molecule has 16 heavy (non-hydrogen) atoms. The van der Waals surface area contributed by atoms with Gasteiger partial charge in [-0.1, -0.05) is 0 Å². The van der Waals surface area contributed by atoms with Gasteiger partial charge in [-0.2, -0.15) is 0 Å². The van der Waals surface area contributed by atoms with Crippen LogP contribution in [0.2, 0.25) is 0 Å². The van der Waals surface area contributed by atoms with Gasteiger partial charge in [-0.05, 0) is 26.8 Å². The minimum atomic E-state index is -0.810. The average molecular weight is 228 g/mol. The Morgan fingerprint density at radius 2 is 2.00 bits per heavy atom. The molecule has 1 aliphatic heterocycles. The van der Waals surface area contributed by atoms with Crippen LogP contribution in [-0.4, -0.2) is 36.9 Å². The molecule has 2 atom stereocenters. The molecule has 0 aliphatic carbocycles. The number of hydrogen-bond donors (Lipinski definition) is 0. The molecule has 0 radical (unpaired) electrons. The molecule has 1 saturated heterocycles. The lowest BCUT2D eigenvalue weighted by molar-refractivity contribution is -0.148. The minimum Gasteiger partial charge on any atom is -0.463 e. The second-order valence-electron chi connectivity index (χ2n) is 3.81. The third kappa shape index (κ3) is 3.43. The SMILES string of the molecule is CCOC(=O)/C=C/[C@H]1OC(C)(C)O[C@@H]1C=O. The molecule has 1 rings (SSSR count). The van der Waals surface area contributed by atoms with Crippen molar-refractivity contribution in [3.63, 3.8) is 0 Å². The maximum Gasteiger partial charge on any atom is 0.330 e. The van der Waals surface area contributed by atoms with E-state index in [1.165, 1.54) is 12.2 Å². The molecule has 0 unspecified atom stereocenters. The highest BCUT2D eigenvalue weighted by molar-refractivity contribution is 5.82. The van der Waals surface area contributed by atoms with Gasteiger partial charge in [0, 0.05) is 6.08 Å². The van der Waals surface area contributed by atoms with E-state index in [0.717, 1.165) is 0 Å². The normalized spacial score (nSPS) is 28.2. The summed E-state index contributed by atoms with van der Waals surface area (Å²) in [6.45, 7) is 5.45. The topological polar surface area (TPSA) is 61.8 Å². The second kappa shape index (κ2) is 5.23. The Kier molecular flexibility index (Phi) is 4.20. The van der Waals surface area contributed by atoms with E-state index in [1.807, 2.05) is 0 Å². The molecular weight excluding hydrogens is 212 g/mol. The molecule has 5 nitrogen and oxygen atoms in total. The average Bonchev–Trinajstić information content (AvgIpc) is 2.51. The summed E-state index contributed by atoms with van der Waals surface area (Å²) in [5.41, 5.74) is 0. The summed E-state index contributed by atoms with van der Waals surface area (Å²) in [4.78, 5) is 21.8.